The number of carbonyl (C=O) groups is 10. The molecule has 27 heteroatoms. The van der Waals surface area contributed by atoms with Gasteiger partial charge in [0.25, 0.3) is 0 Å². The van der Waals surface area contributed by atoms with Crippen LogP contribution in [-0.2, 0) is 53.4 Å². The Balaban J connectivity index is 1.99. The van der Waals surface area contributed by atoms with Crippen LogP contribution in [0.4, 0.5) is 0 Å². The number of hydrogen-bond donors (Lipinski definition) is 16. The number of hydrogen-bond acceptors (Lipinski definition) is 17. The highest BCUT2D eigenvalue weighted by Gasteiger charge is 2.46. The number of fused-ring (bicyclic) bond motifs is 19. The Morgan fingerprint density at radius 1 is 0.662 bits per heavy atom. The van der Waals surface area contributed by atoms with Gasteiger partial charge in [0, 0.05) is 26.1 Å². The summed E-state index contributed by atoms with van der Waals surface area (Å²) >= 11 is 0. The maximum Gasteiger partial charge on any atom is 0.245 e. The summed E-state index contributed by atoms with van der Waals surface area (Å²) in [5, 5.41) is 44.8. The van der Waals surface area contributed by atoms with Crippen molar-refractivity contribution in [2.75, 3.05) is 52.4 Å². The predicted octanol–water partition coefficient (Wildman–Crippen LogP) is -4.94. The molecule has 3 fully saturated rings. The quantitative estimate of drug-likeness (QED) is 0.0305. The van der Waals surface area contributed by atoms with Crippen molar-refractivity contribution in [3.63, 3.8) is 0 Å². The molecule has 0 aliphatic carbocycles. The van der Waals surface area contributed by atoms with Gasteiger partial charge in [-0.05, 0) is 116 Å². The summed E-state index contributed by atoms with van der Waals surface area (Å²) in [5.41, 5.74) is 28.7. The van der Waals surface area contributed by atoms with E-state index in [4.69, 9.17) is 28.7 Å². The number of piperidine rings is 1. The summed E-state index contributed by atoms with van der Waals surface area (Å²) in [7, 11) is 0. The van der Waals surface area contributed by atoms with E-state index in [0.717, 1.165) is 19.3 Å². The van der Waals surface area contributed by atoms with E-state index in [1.807, 2.05) is 0 Å². The molecule has 0 radical (unpaired) electrons. The van der Waals surface area contributed by atoms with Crippen LogP contribution in [0.2, 0.25) is 0 Å². The van der Waals surface area contributed by atoms with E-state index in [2.05, 4.69) is 61.7 Å². The number of aliphatic hydroxyl groups excluding tert-OH is 2. The topological polar surface area (TPSA) is 453 Å². The minimum atomic E-state index is -1.66. The highest BCUT2D eigenvalue weighted by molar-refractivity contribution is 5.98. The highest BCUT2D eigenvalue weighted by Crippen LogP contribution is 2.36. The SMILES string of the molecule is CC[C@H](C)CCCCC(=O)N[C@@H](CCN)C(=O)N[C@H](C(=O)N[C@@H](CCN)C(=O)N[C@H]1CCNC(=O)[C@H]([C@@H](C)O)NC(=O)[C@H](CCN)NC(=O)[C@H](CCN)NC(=O)C2(c3ccccc3)CCN(CC2)C(=O)[C@H](CCN)NC1=O)[C@@H](C)O. The number of amides is 10. The second kappa shape index (κ2) is 34.7. The van der Waals surface area contributed by atoms with Crippen LogP contribution >= 0.6 is 0 Å². The number of unbranched alkanes of at least 4 members (excludes halogenated alkanes) is 1. The van der Waals surface area contributed by atoms with Gasteiger partial charge < -0.3 is 91.6 Å². The molecule has 3 saturated heterocycles. The molecule has 1 aromatic carbocycles. The molecule has 0 spiro atoms. The van der Waals surface area contributed by atoms with Crippen LogP contribution in [0.25, 0.3) is 0 Å². The Labute approximate surface area is 468 Å². The van der Waals surface area contributed by atoms with Crippen molar-refractivity contribution in [3.05, 3.63) is 35.9 Å². The number of nitrogens with zero attached hydrogens (tertiary/aromatic N) is 1. The van der Waals surface area contributed by atoms with Gasteiger partial charge in [0.2, 0.25) is 59.1 Å². The van der Waals surface area contributed by atoms with Crippen molar-refractivity contribution in [1.82, 2.24) is 52.8 Å². The maximum absolute atomic E-state index is 14.6. The molecule has 21 N–H and O–H groups in total. The van der Waals surface area contributed by atoms with Gasteiger partial charge in [-0.25, -0.2) is 0 Å². The van der Waals surface area contributed by atoms with Crippen molar-refractivity contribution in [1.29, 1.82) is 0 Å². The molecule has 11 atom stereocenters. The summed E-state index contributed by atoms with van der Waals surface area (Å²) in [6.45, 7) is 5.87. The molecule has 2 bridgehead atoms. The van der Waals surface area contributed by atoms with Crippen LogP contribution in [-0.4, -0.2) is 187 Å². The zero-order chi connectivity index (χ0) is 59.5. The minimum Gasteiger partial charge on any atom is -0.391 e. The molecule has 10 amide bonds. The Morgan fingerprint density at radius 3 is 1.79 bits per heavy atom. The summed E-state index contributed by atoms with van der Waals surface area (Å²) in [4.78, 5) is 141. The normalized spacial score (nSPS) is 24.1. The Kier molecular flexibility index (Phi) is 29.5. The van der Waals surface area contributed by atoms with Crippen molar-refractivity contribution in [2.24, 2.45) is 34.6 Å². The van der Waals surface area contributed by atoms with Gasteiger partial charge in [0.15, 0.2) is 0 Å². The Bertz CT molecular complexity index is 2200. The predicted molar refractivity (Wildman–Crippen MR) is 297 cm³/mol. The number of benzene rings is 1. The summed E-state index contributed by atoms with van der Waals surface area (Å²) in [6, 6.07) is -2.62. The first kappa shape index (κ1) is 67.9. The fourth-order valence-corrected chi connectivity index (χ4v) is 9.56. The molecule has 3 heterocycles. The zero-order valence-electron chi connectivity index (χ0n) is 46.9. The van der Waals surface area contributed by atoms with Crippen molar-refractivity contribution in [2.45, 2.75) is 177 Å². The third-order valence-electron chi connectivity index (χ3n) is 14.7. The number of nitrogens with two attached hydrogens (primary N) is 5. The van der Waals surface area contributed by atoms with Gasteiger partial charge in [0.05, 0.1) is 17.6 Å². The van der Waals surface area contributed by atoms with Crippen LogP contribution in [0.15, 0.2) is 30.3 Å². The fraction of sp³-hybridized carbons (Fsp3) is 0.698. The van der Waals surface area contributed by atoms with Crippen LogP contribution < -0.4 is 76.5 Å². The van der Waals surface area contributed by atoms with E-state index >= 15 is 0 Å². The highest BCUT2D eigenvalue weighted by atomic mass is 16.3. The molecular weight excluding hydrogens is 1040 g/mol. The molecule has 0 saturated carbocycles. The molecule has 3 aliphatic heterocycles. The van der Waals surface area contributed by atoms with E-state index in [9.17, 15) is 58.2 Å². The molecule has 0 unspecified atom stereocenters. The van der Waals surface area contributed by atoms with Gasteiger partial charge in [-0.3, -0.25) is 47.9 Å². The second-order valence-corrected chi connectivity index (χ2v) is 20.8. The number of nitrogens with one attached hydrogen (secondary N) is 9. The van der Waals surface area contributed by atoms with Gasteiger partial charge in [-0.1, -0.05) is 63.4 Å². The minimum absolute atomic E-state index is 0.00365. The van der Waals surface area contributed by atoms with Gasteiger partial charge >= 0.3 is 0 Å². The Hall–Kier alpha value is -6.36. The zero-order valence-corrected chi connectivity index (χ0v) is 46.9. The molecule has 1 aromatic rings. The maximum atomic E-state index is 14.6. The number of aliphatic hydroxyl groups is 2. The lowest BCUT2D eigenvalue weighted by Crippen LogP contribution is -2.62. The van der Waals surface area contributed by atoms with Gasteiger partial charge in [-0.2, -0.15) is 0 Å². The smallest absolute Gasteiger partial charge is 0.245 e. The monoisotopic (exact) mass is 1130 g/mol. The largest absolute Gasteiger partial charge is 0.391 e. The third kappa shape index (κ3) is 20.6. The first-order valence-electron chi connectivity index (χ1n) is 28.0. The number of carbonyl (C=O) groups excluding carboxylic acids is 10. The molecule has 4 rings (SSSR count). The van der Waals surface area contributed by atoms with E-state index < -0.39 is 132 Å². The number of rotatable bonds is 26. The van der Waals surface area contributed by atoms with Crippen molar-refractivity contribution in [3.8, 4) is 0 Å². The standard InChI is InChI=1S/C53H91N15O12/c1-5-31(2)11-9-10-14-41(71)60-35(15-23-54)47(75)67-43(33(4)70)50(78)63-36(16-24-55)44(72)62-39-20-28-59-49(77)42(32(3)69)66-48(76)37(17-25-56)61-45(73)38(18-26-57)65-52(80)53(34-12-7-6-8-13-34)21-29-68(30-22-53)51(79)40(19-27-58)64-46(39)74/h6-8,12-13,31-33,35-40,42-43,69-70H,5,9-11,14-30,54-58H2,1-4H3,(H,59,77)(H,60,71)(H,61,73)(H,62,72)(H,63,78)(H,64,74)(H,65,80)(H,66,76)(H,67,75)/t31-,32+,33+,35-,36-,37-,38-,39-,40-,42-,43-/m0/s1. The molecule has 80 heavy (non-hydrogen) atoms. The molecule has 450 valence electrons. The first-order chi connectivity index (χ1) is 38.1. The molecule has 0 aromatic heterocycles. The van der Waals surface area contributed by atoms with Gasteiger partial charge in [-0.15, -0.1) is 0 Å². The average Bonchev–Trinajstić information content (AvgIpc) is 3.43. The van der Waals surface area contributed by atoms with Crippen LogP contribution in [0.1, 0.15) is 117 Å². The lowest BCUT2D eigenvalue weighted by molar-refractivity contribution is -0.141. The fourth-order valence-electron chi connectivity index (χ4n) is 9.56. The van der Waals surface area contributed by atoms with Crippen molar-refractivity contribution < 1.29 is 58.2 Å². The van der Waals surface area contributed by atoms with Gasteiger partial charge in [0.1, 0.15) is 48.3 Å². The molecular formula is C53H91N15O12. The third-order valence-corrected chi connectivity index (χ3v) is 14.7. The van der Waals surface area contributed by atoms with E-state index in [-0.39, 0.29) is 104 Å². The molecule has 3 aliphatic rings. The van der Waals surface area contributed by atoms with Crippen LogP contribution in [0.3, 0.4) is 0 Å². The van der Waals surface area contributed by atoms with Crippen LogP contribution in [0, 0.1) is 5.92 Å². The summed E-state index contributed by atoms with van der Waals surface area (Å²) in [5.74, 6) is -7.34. The van der Waals surface area contributed by atoms with E-state index in [0.29, 0.717) is 17.9 Å². The first-order valence-corrected chi connectivity index (χ1v) is 28.0. The summed E-state index contributed by atoms with van der Waals surface area (Å²) in [6.07, 6.45) is -0.246. The second-order valence-electron chi connectivity index (χ2n) is 20.8. The summed E-state index contributed by atoms with van der Waals surface area (Å²) < 4.78 is 0. The van der Waals surface area contributed by atoms with Crippen LogP contribution in [0.5, 0.6) is 0 Å². The molecule has 27 nitrogen and oxygen atoms in total. The Morgan fingerprint density at radius 2 is 1.23 bits per heavy atom. The van der Waals surface area contributed by atoms with Crippen molar-refractivity contribution >= 4 is 59.1 Å². The lowest BCUT2D eigenvalue weighted by Gasteiger charge is -2.42. The van der Waals surface area contributed by atoms with E-state index in [1.165, 1.54) is 18.7 Å². The average molecular weight is 1130 g/mol. The lowest BCUT2D eigenvalue weighted by atomic mass is 9.71. The van der Waals surface area contributed by atoms with E-state index in [1.54, 1.807) is 30.3 Å².